The van der Waals surface area contributed by atoms with Gasteiger partial charge in [0.05, 0.1) is 30.6 Å². The summed E-state index contributed by atoms with van der Waals surface area (Å²) in [6.45, 7) is 3.88. The average molecular weight is 870 g/mol. The number of methoxy groups -OCH3 is 1. The number of sulfonamides is 1. The number of hydrogen-bond donors (Lipinski definition) is 4. The number of ether oxygens (including phenoxy) is 2. The number of nitrogens with one attached hydrogen (secondary N) is 3. The van der Waals surface area contributed by atoms with Crippen LogP contribution in [0.3, 0.4) is 0 Å². The standard InChI is InChI=1S/C39H44IN5O8S/c1-24(2)16-27(21-41-54(50,51)23-25-10-6-4-7-11-25)42-38(49)45-22-29(18-33(45)36(46)44-39(37(47)48)20-35(39)40)53-34-19-31(26-12-8-5-9-13-26)43-32-17-28(52-3)14-15-30(32)34/h4-15,17,19,24,27,29,33,35,41H,16,18,20-23H2,1-3H3,(H,42,49)(H,44,46)(H,47,48)/t27-,29+,33-,35+,39+/m0/s1. The zero-order valence-corrected chi connectivity index (χ0v) is 33.2. The van der Waals surface area contributed by atoms with E-state index in [4.69, 9.17) is 14.5 Å². The van der Waals surface area contributed by atoms with E-state index in [0.717, 1.165) is 5.56 Å². The predicted molar refractivity (Wildman–Crippen MR) is 213 cm³/mol. The molecule has 0 spiro atoms. The van der Waals surface area contributed by atoms with E-state index in [2.05, 4.69) is 15.4 Å². The molecule has 4 N–H and O–H groups in total. The Morgan fingerprint density at radius 2 is 1.72 bits per heavy atom. The minimum absolute atomic E-state index is 0.00638. The minimum Gasteiger partial charge on any atom is -0.497 e. The number of aromatic nitrogens is 1. The van der Waals surface area contributed by atoms with E-state index >= 15 is 0 Å². The summed E-state index contributed by atoms with van der Waals surface area (Å²) in [6.07, 6.45) is 0.144. The lowest BCUT2D eigenvalue weighted by atomic mass is 10.0. The molecule has 1 saturated heterocycles. The fourth-order valence-electron chi connectivity index (χ4n) is 6.72. The van der Waals surface area contributed by atoms with Crippen LogP contribution in [0.4, 0.5) is 4.79 Å². The van der Waals surface area contributed by atoms with Crippen LogP contribution in [0, 0.1) is 5.92 Å². The van der Waals surface area contributed by atoms with Gasteiger partial charge in [-0.25, -0.2) is 27.7 Å². The molecule has 0 bridgehead atoms. The molecule has 5 atom stereocenters. The Bertz CT molecular complexity index is 2110. The third kappa shape index (κ3) is 9.24. The number of alkyl halides is 1. The van der Waals surface area contributed by atoms with Gasteiger partial charge in [-0.05, 0) is 36.5 Å². The first-order valence-corrected chi connectivity index (χ1v) is 20.7. The summed E-state index contributed by atoms with van der Waals surface area (Å²) in [6, 6.07) is 23.4. The fraction of sp³-hybridized carbons (Fsp3) is 0.385. The highest BCUT2D eigenvalue weighted by molar-refractivity contribution is 14.1. The van der Waals surface area contributed by atoms with Crippen molar-refractivity contribution in [1.82, 2.24) is 25.2 Å². The summed E-state index contributed by atoms with van der Waals surface area (Å²) in [5.74, 6) is -0.735. The summed E-state index contributed by atoms with van der Waals surface area (Å²) in [4.78, 5) is 46.4. The van der Waals surface area contributed by atoms with Gasteiger partial charge in [0.25, 0.3) is 0 Å². The van der Waals surface area contributed by atoms with E-state index < -0.39 is 51.7 Å². The van der Waals surface area contributed by atoms with Crippen LogP contribution in [0.5, 0.6) is 11.5 Å². The monoisotopic (exact) mass is 869 g/mol. The zero-order chi connectivity index (χ0) is 38.6. The molecule has 1 saturated carbocycles. The number of aliphatic carboxylic acids is 1. The molecular formula is C39H44IN5O8S. The largest absolute Gasteiger partial charge is 0.497 e. The number of fused-ring (bicyclic) bond motifs is 1. The Kier molecular flexibility index (Phi) is 12.0. The third-order valence-corrected chi connectivity index (χ3v) is 12.4. The first kappa shape index (κ1) is 39.2. The number of carbonyl (C=O) groups is 3. The Labute approximate surface area is 328 Å². The number of halogens is 1. The molecule has 15 heteroatoms. The first-order valence-electron chi connectivity index (χ1n) is 17.8. The van der Waals surface area contributed by atoms with Crippen molar-refractivity contribution in [3.05, 3.63) is 90.5 Å². The normalized spacial score (nSPS) is 21.4. The SMILES string of the molecule is COc1ccc2c(O[C@@H]3C[C@@H](C(=O)N[C@]4(C(=O)O)C[C@H]4I)N(C(=O)N[C@H](CNS(=O)(=O)Cc4ccccc4)CC(C)C)C3)cc(-c3ccccc3)nc2c1. The second-order valence-electron chi connectivity index (χ2n) is 14.2. The molecule has 286 valence electrons. The Morgan fingerprint density at radius 1 is 1.04 bits per heavy atom. The maximum atomic E-state index is 14.1. The summed E-state index contributed by atoms with van der Waals surface area (Å²) < 4.78 is 40.4. The smallest absolute Gasteiger partial charge is 0.330 e. The fourth-order valence-corrected chi connectivity index (χ4v) is 9.02. The molecule has 4 aromatic rings. The van der Waals surface area contributed by atoms with Gasteiger partial charge < -0.3 is 30.1 Å². The van der Waals surface area contributed by atoms with Crippen molar-refractivity contribution in [3.63, 3.8) is 0 Å². The lowest BCUT2D eigenvalue weighted by Crippen LogP contribution is -2.56. The summed E-state index contributed by atoms with van der Waals surface area (Å²) >= 11 is 2.00. The van der Waals surface area contributed by atoms with E-state index in [0.29, 0.717) is 40.1 Å². The Hall–Kier alpha value is -4.48. The van der Waals surface area contributed by atoms with Crippen LogP contribution >= 0.6 is 22.6 Å². The van der Waals surface area contributed by atoms with Crippen molar-refractivity contribution in [1.29, 1.82) is 0 Å². The molecule has 1 aliphatic heterocycles. The number of benzene rings is 3. The van der Waals surface area contributed by atoms with Gasteiger partial charge in [-0.2, -0.15) is 0 Å². The third-order valence-electron chi connectivity index (χ3n) is 9.60. The molecule has 13 nitrogen and oxygen atoms in total. The van der Waals surface area contributed by atoms with Gasteiger partial charge in [0.15, 0.2) is 5.54 Å². The van der Waals surface area contributed by atoms with Gasteiger partial charge in [-0.15, -0.1) is 0 Å². The average Bonchev–Trinajstić information content (AvgIpc) is 3.60. The molecule has 0 unspecified atom stereocenters. The van der Waals surface area contributed by atoms with E-state index in [1.165, 1.54) is 4.90 Å². The van der Waals surface area contributed by atoms with Gasteiger partial charge >= 0.3 is 12.0 Å². The van der Waals surface area contributed by atoms with Crippen molar-refractivity contribution < 1.29 is 37.4 Å². The van der Waals surface area contributed by atoms with Crippen LogP contribution in [0.2, 0.25) is 0 Å². The molecule has 1 aliphatic carbocycles. The van der Waals surface area contributed by atoms with Crippen LogP contribution in [-0.2, 0) is 25.4 Å². The molecule has 1 aromatic heterocycles. The summed E-state index contributed by atoms with van der Waals surface area (Å²) in [5, 5.41) is 16.3. The second-order valence-corrected chi connectivity index (χ2v) is 17.5. The number of hydrogen-bond acceptors (Lipinski definition) is 8. The lowest BCUT2D eigenvalue weighted by Gasteiger charge is -2.28. The maximum Gasteiger partial charge on any atom is 0.330 e. The Morgan fingerprint density at radius 3 is 2.35 bits per heavy atom. The zero-order valence-electron chi connectivity index (χ0n) is 30.2. The van der Waals surface area contributed by atoms with Gasteiger partial charge in [0.2, 0.25) is 15.9 Å². The number of urea groups is 1. The van der Waals surface area contributed by atoms with Crippen LogP contribution in [0.25, 0.3) is 22.2 Å². The van der Waals surface area contributed by atoms with Gasteiger partial charge in [0, 0.05) is 46.0 Å². The van der Waals surface area contributed by atoms with E-state index in [-0.39, 0.29) is 41.5 Å². The van der Waals surface area contributed by atoms with Gasteiger partial charge in [-0.1, -0.05) is 97.1 Å². The van der Waals surface area contributed by atoms with Crippen molar-refractivity contribution in [2.75, 3.05) is 20.2 Å². The Balaban J connectivity index is 1.26. The maximum absolute atomic E-state index is 14.1. The van der Waals surface area contributed by atoms with Crippen molar-refractivity contribution in [3.8, 4) is 22.8 Å². The number of carboxylic acids is 1. The summed E-state index contributed by atoms with van der Waals surface area (Å²) in [7, 11) is -2.15. The molecule has 0 radical (unpaired) electrons. The van der Waals surface area contributed by atoms with E-state index in [1.807, 2.05) is 91.0 Å². The molecule has 2 aliphatic rings. The minimum atomic E-state index is -3.73. The number of nitrogens with zero attached hydrogens (tertiary/aromatic N) is 2. The molecule has 2 heterocycles. The molecule has 2 fully saturated rings. The van der Waals surface area contributed by atoms with Crippen LogP contribution in [-0.4, -0.2) is 89.2 Å². The van der Waals surface area contributed by atoms with Crippen LogP contribution in [0.15, 0.2) is 84.9 Å². The van der Waals surface area contributed by atoms with Crippen LogP contribution in [0.1, 0.15) is 38.7 Å². The number of likely N-dealkylation sites (tertiary alicyclic amines) is 1. The van der Waals surface area contributed by atoms with Crippen molar-refractivity contribution in [2.45, 2.75) is 66.5 Å². The number of amides is 3. The topological polar surface area (TPSA) is 176 Å². The second kappa shape index (κ2) is 16.5. The quantitative estimate of drug-likeness (QED) is 0.0934. The lowest BCUT2D eigenvalue weighted by molar-refractivity contribution is -0.143. The van der Waals surface area contributed by atoms with Crippen LogP contribution < -0.4 is 24.8 Å². The van der Waals surface area contributed by atoms with Gasteiger partial charge in [0.1, 0.15) is 23.6 Å². The molecular weight excluding hydrogens is 825 g/mol. The van der Waals surface area contributed by atoms with Gasteiger partial charge in [-0.3, -0.25) is 4.79 Å². The van der Waals surface area contributed by atoms with E-state index in [1.54, 1.807) is 37.4 Å². The number of pyridine rings is 1. The number of carbonyl (C=O) groups excluding carboxylic acids is 2. The molecule has 3 amide bonds. The molecule has 54 heavy (non-hydrogen) atoms. The molecule has 6 rings (SSSR count). The number of carboxylic acid groups (broad SMARTS) is 1. The predicted octanol–water partition coefficient (Wildman–Crippen LogP) is 5.12. The van der Waals surface area contributed by atoms with Crippen molar-refractivity contribution in [2.24, 2.45) is 5.92 Å². The van der Waals surface area contributed by atoms with Crippen molar-refractivity contribution >= 4 is 61.4 Å². The highest BCUT2D eigenvalue weighted by Gasteiger charge is 2.61. The molecule has 3 aromatic carbocycles. The number of rotatable bonds is 15. The first-order chi connectivity index (χ1) is 25.8. The van der Waals surface area contributed by atoms with E-state index in [9.17, 15) is 27.9 Å². The highest BCUT2D eigenvalue weighted by atomic mass is 127. The summed E-state index contributed by atoms with van der Waals surface area (Å²) in [5.41, 5.74) is 1.37. The highest BCUT2D eigenvalue weighted by Crippen LogP contribution is 2.44.